The summed E-state index contributed by atoms with van der Waals surface area (Å²) in [6, 6.07) is 17.1. The van der Waals surface area contributed by atoms with Crippen LogP contribution in [0.2, 0.25) is 0 Å². The number of aromatic nitrogens is 4. The summed E-state index contributed by atoms with van der Waals surface area (Å²) in [5, 5.41) is 11.9. The number of nitrogens with zero attached hydrogens (tertiary/aromatic N) is 4. The standard InChI is InChI=1S/C25H23N5O3/c1-2-22(31)29-14-6-7-18(29)16-30-24-21(15-26-27-25(24)32)23(28-30)17-10-12-20(13-11-17)33-19-8-4-3-5-9-19/h2-5,8-13,15,18H,1,6-7,14,16H2,(H,27,32)/t18-/m0/s1. The molecular weight excluding hydrogens is 418 g/mol. The van der Waals surface area contributed by atoms with Crippen LogP contribution in [0.15, 0.2) is 78.2 Å². The number of carbonyl (C=O) groups excluding carboxylic acids is 1. The van der Waals surface area contributed by atoms with Gasteiger partial charge in [0.05, 0.1) is 24.2 Å². The number of carbonyl (C=O) groups is 1. The molecule has 166 valence electrons. The zero-order chi connectivity index (χ0) is 22.8. The molecule has 0 saturated carbocycles. The molecule has 8 nitrogen and oxygen atoms in total. The first-order valence-electron chi connectivity index (χ1n) is 10.8. The van der Waals surface area contributed by atoms with Crippen LogP contribution in [-0.2, 0) is 11.3 Å². The highest BCUT2D eigenvalue weighted by Crippen LogP contribution is 2.30. The Bertz CT molecular complexity index is 1360. The van der Waals surface area contributed by atoms with Gasteiger partial charge in [0.2, 0.25) is 5.91 Å². The van der Waals surface area contributed by atoms with E-state index in [9.17, 15) is 9.59 Å². The average Bonchev–Trinajstić information content (AvgIpc) is 3.46. The number of aromatic amines is 1. The summed E-state index contributed by atoms with van der Waals surface area (Å²) >= 11 is 0. The van der Waals surface area contributed by atoms with E-state index >= 15 is 0 Å². The lowest BCUT2D eigenvalue weighted by molar-refractivity contribution is -0.127. The number of rotatable bonds is 6. The molecule has 0 bridgehead atoms. The second kappa shape index (κ2) is 8.74. The maximum atomic E-state index is 12.7. The molecule has 1 saturated heterocycles. The van der Waals surface area contributed by atoms with E-state index in [0.29, 0.717) is 35.4 Å². The van der Waals surface area contributed by atoms with E-state index in [-0.39, 0.29) is 17.5 Å². The maximum absolute atomic E-state index is 12.7. The smallest absolute Gasteiger partial charge is 0.290 e. The molecule has 2 aromatic carbocycles. The predicted molar refractivity (Wildman–Crippen MR) is 125 cm³/mol. The van der Waals surface area contributed by atoms with E-state index in [4.69, 9.17) is 9.84 Å². The SMILES string of the molecule is C=CC(=O)N1CCC[C@H]1Cn1nc(-c2ccc(Oc3ccccc3)cc2)c2cn[nH]c(=O)c21. The first kappa shape index (κ1) is 20.7. The highest BCUT2D eigenvalue weighted by Gasteiger charge is 2.29. The Morgan fingerprint density at radius 1 is 1.15 bits per heavy atom. The average molecular weight is 441 g/mol. The lowest BCUT2D eigenvalue weighted by Crippen LogP contribution is -2.37. The topological polar surface area (TPSA) is 93.1 Å². The van der Waals surface area contributed by atoms with E-state index in [2.05, 4.69) is 16.8 Å². The first-order valence-corrected chi connectivity index (χ1v) is 10.8. The Morgan fingerprint density at radius 2 is 1.91 bits per heavy atom. The van der Waals surface area contributed by atoms with Gasteiger partial charge in [-0.25, -0.2) is 5.10 Å². The minimum atomic E-state index is -0.310. The van der Waals surface area contributed by atoms with Crippen molar-refractivity contribution in [3.8, 4) is 22.8 Å². The third-order valence-electron chi connectivity index (χ3n) is 5.89. The van der Waals surface area contributed by atoms with Crippen molar-refractivity contribution >= 4 is 16.8 Å². The van der Waals surface area contributed by atoms with Crippen LogP contribution in [0.5, 0.6) is 11.5 Å². The lowest BCUT2D eigenvalue weighted by atomic mass is 10.1. The molecule has 1 amide bonds. The van der Waals surface area contributed by atoms with E-state index < -0.39 is 0 Å². The molecule has 33 heavy (non-hydrogen) atoms. The highest BCUT2D eigenvalue weighted by atomic mass is 16.5. The summed E-state index contributed by atoms with van der Waals surface area (Å²) in [6.45, 7) is 4.71. The zero-order valence-electron chi connectivity index (χ0n) is 18.0. The number of ether oxygens (including phenoxy) is 1. The van der Waals surface area contributed by atoms with Gasteiger partial charge in [0.25, 0.3) is 5.56 Å². The molecule has 0 aliphatic carbocycles. The van der Waals surface area contributed by atoms with E-state index in [1.54, 1.807) is 15.8 Å². The van der Waals surface area contributed by atoms with Crippen molar-refractivity contribution in [2.45, 2.75) is 25.4 Å². The number of fused-ring (bicyclic) bond motifs is 1. The molecule has 1 fully saturated rings. The predicted octanol–water partition coefficient (Wildman–Crippen LogP) is 3.76. The number of H-pyrrole nitrogens is 1. The Morgan fingerprint density at radius 3 is 2.67 bits per heavy atom. The Kier molecular flexibility index (Phi) is 5.48. The van der Waals surface area contributed by atoms with Crippen molar-refractivity contribution in [2.75, 3.05) is 6.54 Å². The van der Waals surface area contributed by atoms with Crippen LogP contribution in [0.3, 0.4) is 0 Å². The van der Waals surface area contributed by atoms with Gasteiger partial charge in [0.1, 0.15) is 22.7 Å². The molecule has 1 aliphatic rings. The summed E-state index contributed by atoms with van der Waals surface area (Å²) in [6.07, 6.45) is 4.72. The molecular formula is C25H23N5O3. The number of hydrogen-bond donors (Lipinski definition) is 1. The van der Waals surface area contributed by atoms with Gasteiger partial charge in [-0.15, -0.1) is 0 Å². The third kappa shape index (κ3) is 4.03. The minimum Gasteiger partial charge on any atom is -0.457 e. The number of nitrogens with one attached hydrogen (secondary N) is 1. The molecule has 8 heteroatoms. The first-order chi connectivity index (χ1) is 16.1. The van der Waals surface area contributed by atoms with Crippen LogP contribution in [0, 0.1) is 0 Å². The van der Waals surface area contributed by atoms with Crippen LogP contribution in [0.1, 0.15) is 12.8 Å². The summed E-state index contributed by atoms with van der Waals surface area (Å²) in [5.74, 6) is 1.36. The van der Waals surface area contributed by atoms with Crippen LogP contribution in [0.4, 0.5) is 0 Å². The van der Waals surface area contributed by atoms with Crippen molar-refractivity contribution in [1.29, 1.82) is 0 Å². The Labute approximate surface area is 190 Å². The van der Waals surface area contributed by atoms with Gasteiger partial charge in [-0.3, -0.25) is 14.3 Å². The van der Waals surface area contributed by atoms with Gasteiger partial charge >= 0.3 is 0 Å². The highest BCUT2D eigenvalue weighted by molar-refractivity contribution is 5.92. The number of amides is 1. The second-order valence-electron chi connectivity index (χ2n) is 7.96. The molecule has 5 rings (SSSR count). The number of para-hydroxylation sites is 1. The number of hydrogen-bond acceptors (Lipinski definition) is 5. The zero-order valence-corrected chi connectivity index (χ0v) is 18.0. The molecule has 4 aromatic rings. The van der Waals surface area contributed by atoms with Crippen LogP contribution < -0.4 is 10.3 Å². The molecule has 3 heterocycles. The van der Waals surface area contributed by atoms with Gasteiger partial charge < -0.3 is 9.64 Å². The van der Waals surface area contributed by atoms with Gasteiger partial charge in [-0.2, -0.15) is 10.2 Å². The maximum Gasteiger partial charge on any atom is 0.290 e. The fourth-order valence-electron chi connectivity index (χ4n) is 4.33. The van der Waals surface area contributed by atoms with Crippen molar-refractivity contribution in [3.05, 3.63) is 83.8 Å². The van der Waals surface area contributed by atoms with Crippen molar-refractivity contribution in [3.63, 3.8) is 0 Å². The van der Waals surface area contributed by atoms with E-state index in [1.807, 2.05) is 54.6 Å². The third-order valence-corrected chi connectivity index (χ3v) is 5.89. The van der Waals surface area contributed by atoms with Crippen LogP contribution in [0.25, 0.3) is 22.2 Å². The molecule has 1 aliphatic heterocycles. The van der Waals surface area contributed by atoms with Gasteiger partial charge in [-0.05, 0) is 55.3 Å². The van der Waals surface area contributed by atoms with Crippen LogP contribution in [-0.4, -0.2) is 43.4 Å². The number of likely N-dealkylation sites (tertiary alicyclic amines) is 1. The largest absolute Gasteiger partial charge is 0.457 e. The molecule has 1 N–H and O–H groups in total. The summed E-state index contributed by atoms with van der Waals surface area (Å²) in [5.41, 5.74) is 1.64. The number of benzene rings is 2. The second-order valence-corrected chi connectivity index (χ2v) is 7.96. The van der Waals surface area contributed by atoms with Gasteiger partial charge in [0.15, 0.2) is 0 Å². The molecule has 0 spiro atoms. The van der Waals surface area contributed by atoms with Gasteiger partial charge in [0, 0.05) is 12.1 Å². The molecule has 0 unspecified atom stereocenters. The monoisotopic (exact) mass is 441 g/mol. The van der Waals surface area contributed by atoms with Crippen LogP contribution >= 0.6 is 0 Å². The summed E-state index contributed by atoms with van der Waals surface area (Å²) in [7, 11) is 0. The fraction of sp³-hybridized carbons (Fsp3) is 0.200. The lowest BCUT2D eigenvalue weighted by Gasteiger charge is -2.23. The normalized spacial score (nSPS) is 15.6. The van der Waals surface area contributed by atoms with Crippen molar-refractivity contribution in [1.82, 2.24) is 24.9 Å². The fourth-order valence-corrected chi connectivity index (χ4v) is 4.33. The van der Waals surface area contributed by atoms with Crippen molar-refractivity contribution in [2.24, 2.45) is 0 Å². The summed E-state index contributed by atoms with van der Waals surface area (Å²) < 4.78 is 7.57. The van der Waals surface area contributed by atoms with Crippen molar-refractivity contribution < 1.29 is 9.53 Å². The minimum absolute atomic E-state index is 0.0411. The quantitative estimate of drug-likeness (QED) is 0.460. The Balaban J connectivity index is 1.48. The Hall–Kier alpha value is -4.20. The molecule has 0 radical (unpaired) electrons. The van der Waals surface area contributed by atoms with Gasteiger partial charge in [-0.1, -0.05) is 24.8 Å². The summed E-state index contributed by atoms with van der Waals surface area (Å²) in [4.78, 5) is 26.7. The molecule has 2 aromatic heterocycles. The molecule has 1 atom stereocenters. The van der Waals surface area contributed by atoms with E-state index in [1.165, 1.54) is 6.08 Å². The van der Waals surface area contributed by atoms with E-state index in [0.717, 1.165) is 24.2 Å².